The molecule has 0 atom stereocenters. The molecule has 0 fully saturated rings. The summed E-state index contributed by atoms with van der Waals surface area (Å²) in [7, 11) is 3.25. The highest BCUT2D eigenvalue weighted by Crippen LogP contribution is 2.31. The summed E-state index contributed by atoms with van der Waals surface area (Å²) in [6, 6.07) is 8.24. The average Bonchev–Trinajstić information content (AvgIpc) is 2.45. The van der Waals surface area contributed by atoms with Crippen molar-refractivity contribution in [3.05, 3.63) is 41.0 Å². The lowest BCUT2D eigenvalue weighted by atomic mass is 9.92. The van der Waals surface area contributed by atoms with Gasteiger partial charge >= 0.3 is 0 Å². The molecule has 0 aromatic heterocycles. The maximum Gasteiger partial charge on any atom is 0.116 e. The molecule has 1 N–H and O–H groups in total. The predicted octanol–water partition coefficient (Wildman–Crippen LogP) is 4.50. The summed E-state index contributed by atoms with van der Waals surface area (Å²) in [6.45, 7) is 6.50. The van der Waals surface area contributed by atoms with Crippen molar-refractivity contribution in [3.8, 4) is 5.75 Å². The SMILES string of the molecule is CCc1ccc(CC)c2c(CC)cc(O)cc12.COC. The molecule has 0 bridgehead atoms. The molecule has 0 aliphatic rings. The van der Waals surface area contributed by atoms with Crippen LogP contribution in [0.4, 0.5) is 0 Å². The van der Waals surface area contributed by atoms with E-state index in [-0.39, 0.29) is 0 Å². The van der Waals surface area contributed by atoms with Crippen LogP contribution < -0.4 is 0 Å². The summed E-state index contributed by atoms with van der Waals surface area (Å²) >= 11 is 0. The number of aryl methyl sites for hydroxylation is 3. The fourth-order valence-corrected chi connectivity index (χ4v) is 2.57. The number of methoxy groups -OCH3 is 1. The topological polar surface area (TPSA) is 29.5 Å². The molecule has 2 aromatic rings. The number of aromatic hydroxyl groups is 1. The van der Waals surface area contributed by atoms with E-state index in [1.165, 1.54) is 27.5 Å². The quantitative estimate of drug-likeness (QED) is 0.893. The number of phenols is 1. The van der Waals surface area contributed by atoms with Gasteiger partial charge in [-0.2, -0.15) is 0 Å². The zero-order valence-electron chi connectivity index (χ0n) is 13.3. The smallest absolute Gasteiger partial charge is 0.116 e. The molecule has 110 valence electrons. The van der Waals surface area contributed by atoms with E-state index in [9.17, 15) is 5.11 Å². The minimum absolute atomic E-state index is 0.386. The van der Waals surface area contributed by atoms with E-state index in [2.05, 4.69) is 37.6 Å². The third-order valence-electron chi connectivity index (χ3n) is 3.50. The van der Waals surface area contributed by atoms with Gasteiger partial charge in [0.05, 0.1) is 0 Å². The standard InChI is InChI=1S/C16H20O.C2H6O/c1-4-11-7-8-12(5-2)16-13(6-3)9-14(17)10-15(11)16;1-3-2/h7-10,17H,4-6H2,1-3H3;1-2H3. The Bertz CT molecular complexity index is 559. The lowest BCUT2D eigenvalue weighted by molar-refractivity contribution is 0.277. The van der Waals surface area contributed by atoms with Crippen LogP contribution in [0.5, 0.6) is 5.75 Å². The highest BCUT2D eigenvalue weighted by atomic mass is 16.4. The van der Waals surface area contributed by atoms with Crippen LogP contribution in [0.3, 0.4) is 0 Å². The van der Waals surface area contributed by atoms with E-state index < -0.39 is 0 Å². The van der Waals surface area contributed by atoms with E-state index in [1.807, 2.05) is 12.1 Å². The zero-order valence-corrected chi connectivity index (χ0v) is 13.3. The molecule has 0 aliphatic heterocycles. The van der Waals surface area contributed by atoms with Gasteiger partial charge in [-0.1, -0.05) is 32.9 Å². The number of fused-ring (bicyclic) bond motifs is 1. The first-order valence-corrected chi connectivity index (χ1v) is 7.29. The molecule has 2 nitrogen and oxygen atoms in total. The molecular formula is C18H26O2. The number of ether oxygens (including phenoxy) is 1. The first-order valence-electron chi connectivity index (χ1n) is 7.29. The Morgan fingerprint density at radius 2 is 1.35 bits per heavy atom. The van der Waals surface area contributed by atoms with Crippen molar-refractivity contribution in [1.82, 2.24) is 0 Å². The lowest BCUT2D eigenvalue weighted by Crippen LogP contribution is -1.94. The molecule has 0 saturated heterocycles. The lowest BCUT2D eigenvalue weighted by Gasteiger charge is -2.13. The first-order chi connectivity index (χ1) is 9.62. The van der Waals surface area contributed by atoms with Gasteiger partial charge in [0.15, 0.2) is 0 Å². The molecule has 0 unspecified atom stereocenters. The van der Waals surface area contributed by atoms with Gasteiger partial charge in [-0.25, -0.2) is 0 Å². The molecule has 2 aromatic carbocycles. The summed E-state index contributed by atoms with van der Waals surface area (Å²) in [5, 5.41) is 12.4. The van der Waals surface area contributed by atoms with Gasteiger partial charge in [-0.3, -0.25) is 0 Å². The Balaban J connectivity index is 0.000000612. The summed E-state index contributed by atoms with van der Waals surface area (Å²) in [5.74, 6) is 0.386. The van der Waals surface area contributed by atoms with E-state index in [4.69, 9.17) is 0 Å². The van der Waals surface area contributed by atoms with Gasteiger partial charge in [0.25, 0.3) is 0 Å². The second kappa shape index (κ2) is 7.91. The summed E-state index contributed by atoms with van der Waals surface area (Å²) in [5.41, 5.74) is 3.96. The van der Waals surface area contributed by atoms with Crippen molar-refractivity contribution in [2.75, 3.05) is 14.2 Å². The highest BCUT2D eigenvalue weighted by Gasteiger charge is 2.09. The predicted molar refractivity (Wildman–Crippen MR) is 86.7 cm³/mol. The third kappa shape index (κ3) is 3.51. The van der Waals surface area contributed by atoms with E-state index in [0.29, 0.717) is 5.75 Å². The van der Waals surface area contributed by atoms with Crippen LogP contribution >= 0.6 is 0 Å². The molecule has 0 saturated carbocycles. The van der Waals surface area contributed by atoms with Crippen molar-refractivity contribution in [2.24, 2.45) is 0 Å². The van der Waals surface area contributed by atoms with Crippen LogP contribution in [0.25, 0.3) is 10.8 Å². The molecule has 2 rings (SSSR count). The van der Waals surface area contributed by atoms with Crippen LogP contribution in [-0.4, -0.2) is 19.3 Å². The molecular weight excluding hydrogens is 248 g/mol. The second-order valence-electron chi connectivity index (χ2n) is 4.88. The Morgan fingerprint density at radius 1 is 0.850 bits per heavy atom. The Kier molecular flexibility index (Phi) is 6.53. The van der Waals surface area contributed by atoms with Crippen molar-refractivity contribution in [1.29, 1.82) is 0 Å². The fraction of sp³-hybridized carbons (Fsp3) is 0.444. The summed E-state index contributed by atoms with van der Waals surface area (Å²) < 4.78 is 4.25. The Labute approximate surface area is 122 Å². The molecule has 0 radical (unpaired) electrons. The Morgan fingerprint density at radius 3 is 1.85 bits per heavy atom. The minimum Gasteiger partial charge on any atom is -0.508 e. The molecule has 0 spiro atoms. The number of phenolic OH excluding ortho intramolecular Hbond substituents is 1. The van der Waals surface area contributed by atoms with Crippen LogP contribution in [0.2, 0.25) is 0 Å². The number of rotatable bonds is 3. The van der Waals surface area contributed by atoms with Crippen molar-refractivity contribution < 1.29 is 9.84 Å². The van der Waals surface area contributed by atoms with Crippen LogP contribution in [0.15, 0.2) is 24.3 Å². The Hall–Kier alpha value is -1.54. The van der Waals surface area contributed by atoms with Gasteiger partial charge in [0, 0.05) is 14.2 Å². The maximum absolute atomic E-state index is 9.83. The summed E-state index contributed by atoms with van der Waals surface area (Å²) in [6.07, 6.45) is 3.01. The van der Waals surface area contributed by atoms with Gasteiger partial charge in [0.1, 0.15) is 5.75 Å². The van der Waals surface area contributed by atoms with Gasteiger partial charge in [0.2, 0.25) is 0 Å². The molecule has 0 aliphatic carbocycles. The van der Waals surface area contributed by atoms with Crippen LogP contribution in [-0.2, 0) is 24.0 Å². The number of benzene rings is 2. The van der Waals surface area contributed by atoms with Crippen LogP contribution in [0, 0.1) is 0 Å². The van der Waals surface area contributed by atoms with Gasteiger partial charge < -0.3 is 9.84 Å². The fourth-order valence-electron chi connectivity index (χ4n) is 2.57. The largest absolute Gasteiger partial charge is 0.508 e. The van der Waals surface area contributed by atoms with Crippen molar-refractivity contribution >= 4 is 10.8 Å². The number of hydrogen-bond acceptors (Lipinski definition) is 2. The van der Waals surface area contributed by atoms with Crippen LogP contribution in [0.1, 0.15) is 37.5 Å². The van der Waals surface area contributed by atoms with Crippen molar-refractivity contribution in [2.45, 2.75) is 40.0 Å². The first kappa shape index (κ1) is 16.5. The van der Waals surface area contributed by atoms with Gasteiger partial charge in [-0.15, -0.1) is 0 Å². The van der Waals surface area contributed by atoms with E-state index in [1.54, 1.807) is 14.2 Å². The van der Waals surface area contributed by atoms with Gasteiger partial charge in [-0.05, 0) is 58.9 Å². The molecule has 0 amide bonds. The van der Waals surface area contributed by atoms with E-state index in [0.717, 1.165) is 19.3 Å². The molecule has 0 heterocycles. The molecule has 20 heavy (non-hydrogen) atoms. The minimum atomic E-state index is 0.386. The maximum atomic E-state index is 9.83. The monoisotopic (exact) mass is 274 g/mol. The van der Waals surface area contributed by atoms with E-state index >= 15 is 0 Å². The summed E-state index contributed by atoms with van der Waals surface area (Å²) in [4.78, 5) is 0. The zero-order chi connectivity index (χ0) is 15.1. The third-order valence-corrected chi connectivity index (χ3v) is 3.50. The number of hydrogen-bond donors (Lipinski definition) is 1. The molecule has 2 heteroatoms. The highest BCUT2D eigenvalue weighted by molar-refractivity contribution is 5.92. The van der Waals surface area contributed by atoms with Crippen molar-refractivity contribution in [3.63, 3.8) is 0 Å². The second-order valence-corrected chi connectivity index (χ2v) is 4.88. The average molecular weight is 274 g/mol. The normalized spacial score (nSPS) is 10.2.